The number of benzene rings is 1. The van der Waals surface area contributed by atoms with Gasteiger partial charge in [-0.05, 0) is 12.1 Å². The Kier molecular flexibility index (Phi) is 3.29. The van der Waals surface area contributed by atoms with Crippen molar-refractivity contribution in [2.75, 3.05) is 7.05 Å². The second-order valence-electron chi connectivity index (χ2n) is 5.08. The molecule has 0 aliphatic carbocycles. The van der Waals surface area contributed by atoms with E-state index in [0.717, 1.165) is 16.5 Å². The Hall–Kier alpha value is -2.89. The van der Waals surface area contributed by atoms with Gasteiger partial charge in [0.05, 0.1) is 5.52 Å². The zero-order valence-corrected chi connectivity index (χ0v) is 12.4. The van der Waals surface area contributed by atoms with Gasteiger partial charge in [-0.3, -0.25) is 19.1 Å². The van der Waals surface area contributed by atoms with Crippen LogP contribution in [0.25, 0.3) is 17.0 Å². The van der Waals surface area contributed by atoms with Crippen molar-refractivity contribution in [3.8, 4) is 0 Å². The predicted octanol–water partition coefficient (Wildman–Crippen LogP) is 1.82. The zero-order valence-electron chi connectivity index (χ0n) is 12.4. The van der Waals surface area contributed by atoms with E-state index in [4.69, 9.17) is 5.73 Å². The lowest BCUT2D eigenvalue weighted by Crippen LogP contribution is -2.33. The molecule has 22 heavy (non-hydrogen) atoms. The molecule has 0 atom stereocenters. The number of hydrogen-bond donors (Lipinski definition) is 1. The quantitative estimate of drug-likeness (QED) is 0.858. The fraction of sp³-hybridized carbons (Fsp3) is 0.188. The first kappa shape index (κ1) is 14.1. The normalized spacial score (nSPS) is 16.6. The number of likely N-dealkylation sites (N-methyl/N-ethyl adjacent to an activating group) is 1. The van der Waals surface area contributed by atoms with Gasteiger partial charge in [-0.2, -0.15) is 0 Å². The summed E-state index contributed by atoms with van der Waals surface area (Å²) >= 11 is 0. The summed E-state index contributed by atoms with van der Waals surface area (Å²) in [5.41, 5.74) is 7.51. The number of carbonyl (C=O) groups is 2. The van der Waals surface area contributed by atoms with Crippen molar-refractivity contribution < 1.29 is 9.59 Å². The highest BCUT2D eigenvalue weighted by atomic mass is 16.2. The second-order valence-corrected chi connectivity index (χ2v) is 5.08. The van der Waals surface area contributed by atoms with Crippen molar-refractivity contribution >= 4 is 34.8 Å². The molecule has 3 rings (SSSR count). The molecule has 0 saturated carbocycles. The van der Waals surface area contributed by atoms with Crippen molar-refractivity contribution in [3.63, 3.8) is 0 Å². The maximum atomic E-state index is 12.1. The highest BCUT2D eigenvalue weighted by Gasteiger charge is 2.25. The molecule has 6 heteroatoms. The highest BCUT2D eigenvalue weighted by Crippen LogP contribution is 2.25. The van der Waals surface area contributed by atoms with Crippen LogP contribution in [0.15, 0.2) is 41.2 Å². The lowest BCUT2D eigenvalue weighted by atomic mass is 10.1. The summed E-state index contributed by atoms with van der Waals surface area (Å²) in [6.45, 7) is 1.82. The van der Waals surface area contributed by atoms with E-state index in [1.807, 2.05) is 31.2 Å². The standard InChI is InChI=1S/C16H16N4O2/c1-3-14(21)20-9-10(11-6-4-5-7-13(11)20)8-12-15(22)19(2)16(17)18-12/h4-9H,3H2,1-2H3,(H2,17,18)/b12-8+. The third-order valence-corrected chi connectivity index (χ3v) is 3.71. The van der Waals surface area contributed by atoms with Crippen LogP contribution >= 0.6 is 0 Å². The van der Waals surface area contributed by atoms with Gasteiger partial charge in [0, 0.05) is 30.6 Å². The summed E-state index contributed by atoms with van der Waals surface area (Å²) in [5, 5.41) is 0.896. The molecule has 0 fully saturated rings. The molecule has 1 aromatic heterocycles. The van der Waals surface area contributed by atoms with E-state index in [1.165, 1.54) is 4.90 Å². The lowest BCUT2D eigenvalue weighted by Gasteiger charge is -2.05. The summed E-state index contributed by atoms with van der Waals surface area (Å²) in [4.78, 5) is 29.5. The van der Waals surface area contributed by atoms with Gasteiger partial charge in [-0.1, -0.05) is 25.1 Å². The van der Waals surface area contributed by atoms with Crippen molar-refractivity contribution in [1.29, 1.82) is 0 Å². The first-order valence-electron chi connectivity index (χ1n) is 7.00. The molecule has 2 aromatic rings. The molecular formula is C16H16N4O2. The van der Waals surface area contributed by atoms with Gasteiger partial charge in [0.25, 0.3) is 5.91 Å². The van der Waals surface area contributed by atoms with E-state index in [9.17, 15) is 9.59 Å². The van der Waals surface area contributed by atoms with Crippen LogP contribution in [0.2, 0.25) is 0 Å². The summed E-state index contributed by atoms with van der Waals surface area (Å²) in [7, 11) is 1.58. The molecule has 0 bridgehead atoms. The molecule has 0 saturated heterocycles. The maximum absolute atomic E-state index is 12.1. The van der Waals surface area contributed by atoms with Gasteiger partial charge in [0.15, 0.2) is 0 Å². The molecule has 1 amide bonds. The van der Waals surface area contributed by atoms with Crippen LogP contribution in [-0.4, -0.2) is 34.3 Å². The van der Waals surface area contributed by atoms with Gasteiger partial charge in [0.1, 0.15) is 5.70 Å². The fourth-order valence-electron chi connectivity index (χ4n) is 2.46. The van der Waals surface area contributed by atoms with E-state index in [1.54, 1.807) is 23.9 Å². The first-order chi connectivity index (χ1) is 10.5. The number of aromatic nitrogens is 1. The number of aliphatic imine (C=N–C) groups is 1. The number of carbonyl (C=O) groups excluding carboxylic acids is 2. The van der Waals surface area contributed by atoms with Gasteiger partial charge >= 0.3 is 0 Å². The van der Waals surface area contributed by atoms with Crippen LogP contribution in [0.4, 0.5) is 0 Å². The van der Waals surface area contributed by atoms with Crippen molar-refractivity contribution in [1.82, 2.24) is 9.47 Å². The zero-order chi connectivity index (χ0) is 15.9. The smallest absolute Gasteiger partial charge is 0.279 e. The number of guanidine groups is 1. The van der Waals surface area contributed by atoms with Gasteiger partial charge in [-0.25, -0.2) is 4.99 Å². The Bertz CT molecular complexity index is 845. The van der Waals surface area contributed by atoms with E-state index in [0.29, 0.717) is 6.42 Å². The maximum Gasteiger partial charge on any atom is 0.279 e. The number of hydrogen-bond acceptors (Lipinski definition) is 4. The van der Waals surface area contributed by atoms with Crippen molar-refractivity contribution in [2.45, 2.75) is 13.3 Å². The Labute approximate surface area is 127 Å². The molecule has 2 N–H and O–H groups in total. The molecule has 2 heterocycles. The van der Waals surface area contributed by atoms with Crippen LogP contribution in [0, 0.1) is 0 Å². The van der Waals surface area contributed by atoms with Crippen LogP contribution in [-0.2, 0) is 4.79 Å². The van der Waals surface area contributed by atoms with Crippen molar-refractivity contribution in [3.05, 3.63) is 41.7 Å². The number of rotatable bonds is 2. The first-order valence-corrected chi connectivity index (χ1v) is 7.00. The predicted molar refractivity (Wildman–Crippen MR) is 85.2 cm³/mol. The average molecular weight is 296 g/mol. The number of para-hydroxylation sites is 1. The minimum absolute atomic E-state index is 0.00117. The monoisotopic (exact) mass is 296 g/mol. The summed E-state index contributed by atoms with van der Waals surface area (Å²) in [5.74, 6) is -0.0838. The van der Waals surface area contributed by atoms with E-state index in [2.05, 4.69) is 4.99 Å². The Morgan fingerprint density at radius 2 is 2.09 bits per heavy atom. The largest absolute Gasteiger partial charge is 0.369 e. The number of amides is 1. The number of fused-ring (bicyclic) bond motifs is 1. The molecule has 0 unspecified atom stereocenters. The third kappa shape index (κ3) is 2.09. The summed E-state index contributed by atoms with van der Waals surface area (Å²) in [6, 6.07) is 7.57. The van der Waals surface area contributed by atoms with E-state index < -0.39 is 0 Å². The molecule has 1 aliphatic heterocycles. The molecule has 112 valence electrons. The summed E-state index contributed by atoms with van der Waals surface area (Å²) in [6.07, 6.45) is 3.81. The van der Waals surface area contributed by atoms with Crippen LogP contribution in [0.3, 0.4) is 0 Å². The van der Waals surface area contributed by atoms with Gasteiger partial charge < -0.3 is 5.73 Å². The molecule has 6 nitrogen and oxygen atoms in total. The van der Waals surface area contributed by atoms with Gasteiger partial charge in [-0.15, -0.1) is 0 Å². The molecule has 0 radical (unpaired) electrons. The average Bonchev–Trinajstić information content (AvgIpc) is 3.01. The Morgan fingerprint density at radius 1 is 1.36 bits per heavy atom. The molecule has 0 spiro atoms. The fourth-order valence-corrected chi connectivity index (χ4v) is 2.46. The lowest BCUT2D eigenvalue weighted by molar-refractivity contribution is -0.121. The minimum atomic E-state index is -0.254. The van der Waals surface area contributed by atoms with Crippen molar-refractivity contribution in [2.24, 2.45) is 10.7 Å². The SMILES string of the molecule is CCC(=O)n1cc(/C=C2/N=C(N)N(C)C2=O)c2ccccc21. The van der Waals surface area contributed by atoms with E-state index in [-0.39, 0.29) is 23.5 Å². The molecule has 1 aliphatic rings. The van der Waals surface area contributed by atoms with E-state index >= 15 is 0 Å². The highest BCUT2D eigenvalue weighted by molar-refractivity contribution is 6.13. The minimum Gasteiger partial charge on any atom is -0.369 e. The van der Waals surface area contributed by atoms with Crippen LogP contribution < -0.4 is 5.73 Å². The van der Waals surface area contributed by atoms with Crippen LogP contribution in [0.1, 0.15) is 23.7 Å². The molecule has 1 aromatic carbocycles. The molecular weight excluding hydrogens is 280 g/mol. The van der Waals surface area contributed by atoms with Crippen LogP contribution in [0.5, 0.6) is 0 Å². The topological polar surface area (TPSA) is 80.7 Å². The summed E-state index contributed by atoms with van der Waals surface area (Å²) < 4.78 is 1.61. The van der Waals surface area contributed by atoms with Gasteiger partial charge in [0.2, 0.25) is 11.9 Å². The third-order valence-electron chi connectivity index (χ3n) is 3.71. The second kappa shape index (κ2) is 5.14. The Morgan fingerprint density at radius 3 is 2.73 bits per heavy atom. The Balaban J connectivity index is 2.17. The number of nitrogens with two attached hydrogens (primary N) is 1. The number of nitrogens with zero attached hydrogens (tertiary/aromatic N) is 3.